The van der Waals surface area contributed by atoms with Crippen molar-refractivity contribution < 1.29 is 18.0 Å². The van der Waals surface area contributed by atoms with Crippen molar-refractivity contribution in [2.75, 3.05) is 0 Å². The molecule has 0 unspecified atom stereocenters. The number of carbonyl (C=O) groups excluding carboxylic acids is 1. The van der Waals surface area contributed by atoms with E-state index in [1.54, 1.807) is 0 Å². The summed E-state index contributed by atoms with van der Waals surface area (Å²) in [6.07, 6.45) is -2.53. The molecule has 1 amide bonds. The van der Waals surface area contributed by atoms with Gasteiger partial charge in [0.2, 0.25) is 0 Å². The lowest BCUT2D eigenvalue weighted by Gasteiger charge is -2.12. The summed E-state index contributed by atoms with van der Waals surface area (Å²) in [5.74, 6) is -0.321. The zero-order valence-electron chi connectivity index (χ0n) is 9.27. The second kappa shape index (κ2) is 3.75. The summed E-state index contributed by atoms with van der Waals surface area (Å²) in [6, 6.07) is 4.24. The Morgan fingerprint density at radius 1 is 1.24 bits per heavy atom. The molecule has 0 aromatic heterocycles. The number of hydrogen-bond donors (Lipinski definition) is 1. The lowest BCUT2D eigenvalue weighted by molar-refractivity contribution is -0.137. The number of halogens is 3. The molecule has 1 N–H and O–H groups in total. The van der Waals surface area contributed by atoms with Gasteiger partial charge in [0.15, 0.2) is 0 Å². The Morgan fingerprint density at radius 3 is 2.18 bits per heavy atom. The van der Waals surface area contributed by atoms with Crippen molar-refractivity contribution >= 4 is 5.91 Å². The predicted molar refractivity (Wildman–Crippen MR) is 56.5 cm³/mol. The first-order valence-corrected chi connectivity index (χ1v) is 5.30. The van der Waals surface area contributed by atoms with E-state index in [0.29, 0.717) is 0 Å². The van der Waals surface area contributed by atoms with Crippen molar-refractivity contribution in [2.45, 2.75) is 31.5 Å². The quantitative estimate of drug-likeness (QED) is 0.850. The highest BCUT2D eigenvalue weighted by Crippen LogP contribution is 2.34. The molecule has 17 heavy (non-hydrogen) atoms. The maximum atomic E-state index is 12.3. The summed E-state index contributed by atoms with van der Waals surface area (Å²) in [6.45, 7) is 1.91. The smallest absolute Gasteiger partial charge is 0.347 e. The summed E-state index contributed by atoms with van der Waals surface area (Å²) >= 11 is 0. The van der Waals surface area contributed by atoms with Crippen LogP contribution in [0.25, 0.3) is 0 Å². The molecule has 1 aliphatic carbocycles. The number of benzene rings is 1. The monoisotopic (exact) mass is 243 g/mol. The van der Waals surface area contributed by atoms with E-state index in [9.17, 15) is 18.0 Å². The zero-order valence-corrected chi connectivity index (χ0v) is 9.27. The Bertz CT molecular complexity index is 432. The van der Waals surface area contributed by atoms with Crippen LogP contribution in [0.4, 0.5) is 13.2 Å². The number of alkyl halides is 3. The average Bonchev–Trinajstić information content (AvgIpc) is 2.95. The van der Waals surface area contributed by atoms with E-state index in [2.05, 4.69) is 5.32 Å². The molecule has 2 rings (SSSR count). The molecule has 1 aromatic carbocycles. The Kier molecular flexibility index (Phi) is 2.64. The topological polar surface area (TPSA) is 29.1 Å². The van der Waals surface area contributed by atoms with Crippen LogP contribution >= 0.6 is 0 Å². The molecule has 5 heteroatoms. The number of rotatable bonds is 2. The molecule has 0 saturated heterocycles. The van der Waals surface area contributed by atoms with Gasteiger partial charge in [-0.15, -0.1) is 0 Å². The van der Waals surface area contributed by atoms with E-state index in [4.69, 9.17) is 0 Å². The van der Waals surface area contributed by atoms with Gasteiger partial charge in [-0.3, -0.25) is 4.79 Å². The first kappa shape index (κ1) is 12.0. The normalized spacial score (nSPS) is 17.6. The molecule has 0 spiro atoms. The Labute approximate surface area is 96.8 Å². The zero-order chi connectivity index (χ0) is 12.7. The standard InChI is InChI=1S/C12H12F3NO/c1-11(6-7-11)16-10(17)8-2-4-9(5-3-8)12(13,14)15/h2-5H,6-7H2,1H3,(H,16,17). The molecule has 1 saturated carbocycles. The first-order valence-electron chi connectivity index (χ1n) is 5.30. The third-order valence-corrected chi connectivity index (χ3v) is 2.89. The van der Waals surface area contributed by atoms with Gasteiger partial charge in [-0.05, 0) is 44.0 Å². The molecule has 0 heterocycles. The Hall–Kier alpha value is -1.52. The van der Waals surface area contributed by atoms with Crippen molar-refractivity contribution in [1.29, 1.82) is 0 Å². The van der Waals surface area contributed by atoms with E-state index in [1.165, 1.54) is 12.1 Å². The minimum Gasteiger partial charge on any atom is -0.347 e. The van der Waals surface area contributed by atoms with Crippen LogP contribution in [-0.4, -0.2) is 11.4 Å². The van der Waals surface area contributed by atoms with Gasteiger partial charge in [0.05, 0.1) is 5.56 Å². The molecule has 1 fully saturated rings. The van der Waals surface area contributed by atoms with E-state index in [-0.39, 0.29) is 17.0 Å². The number of hydrogen-bond acceptors (Lipinski definition) is 1. The van der Waals surface area contributed by atoms with Crippen LogP contribution in [0.3, 0.4) is 0 Å². The molecule has 0 bridgehead atoms. The maximum absolute atomic E-state index is 12.3. The summed E-state index contributed by atoms with van der Waals surface area (Å²) < 4.78 is 36.9. The third kappa shape index (κ3) is 2.78. The van der Waals surface area contributed by atoms with Crippen molar-refractivity contribution in [3.63, 3.8) is 0 Å². The van der Waals surface area contributed by atoms with Gasteiger partial charge in [0, 0.05) is 11.1 Å². The summed E-state index contributed by atoms with van der Waals surface area (Å²) in [5.41, 5.74) is -0.655. The van der Waals surface area contributed by atoms with Crippen LogP contribution in [0, 0.1) is 0 Å². The fourth-order valence-electron chi connectivity index (χ4n) is 1.47. The Balaban J connectivity index is 2.10. The average molecular weight is 243 g/mol. The minimum atomic E-state index is -4.36. The van der Waals surface area contributed by atoms with Crippen molar-refractivity contribution in [1.82, 2.24) is 5.32 Å². The van der Waals surface area contributed by atoms with Crippen molar-refractivity contribution in [3.8, 4) is 0 Å². The SMILES string of the molecule is CC1(NC(=O)c2ccc(C(F)(F)F)cc2)CC1. The minimum absolute atomic E-state index is 0.167. The molecule has 1 aromatic rings. The van der Waals surface area contributed by atoms with E-state index >= 15 is 0 Å². The fraction of sp³-hybridized carbons (Fsp3) is 0.417. The van der Waals surface area contributed by atoms with Crippen LogP contribution in [0.5, 0.6) is 0 Å². The molecule has 92 valence electrons. The predicted octanol–water partition coefficient (Wildman–Crippen LogP) is 2.99. The van der Waals surface area contributed by atoms with Crippen LogP contribution in [0.1, 0.15) is 35.7 Å². The number of amides is 1. The first-order chi connectivity index (χ1) is 7.80. The molecule has 0 atom stereocenters. The fourth-order valence-corrected chi connectivity index (χ4v) is 1.47. The molecular weight excluding hydrogens is 231 g/mol. The lowest BCUT2D eigenvalue weighted by Crippen LogP contribution is -2.34. The van der Waals surface area contributed by atoms with Gasteiger partial charge >= 0.3 is 6.18 Å². The molecule has 0 radical (unpaired) electrons. The van der Waals surface area contributed by atoms with Crippen molar-refractivity contribution in [2.24, 2.45) is 0 Å². The Morgan fingerprint density at radius 2 is 1.76 bits per heavy atom. The summed E-state index contributed by atoms with van der Waals surface area (Å²) in [5, 5.41) is 2.78. The van der Waals surface area contributed by atoms with Gasteiger partial charge < -0.3 is 5.32 Å². The number of carbonyl (C=O) groups is 1. The van der Waals surface area contributed by atoms with Gasteiger partial charge in [0.1, 0.15) is 0 Å². The van der Waals surface area contributed by atoms with Gasteiger partial charge in [0.25, 0.3) is 5.91 Å². The van der Waals surface area contributed by atoms with Crippen LogP contribution in [0.2, 0.25) is 0 Å². The van der Waals surface area contributed by atoms with Crippen LogP contribution in [-0.2, 0) is 6.18 Å². The second-order valence-corrected chi connectivity index (χ2v) is 4.59. The largest absolute Gasteiger partial charge is 0.416 e. The highest BCUT2D eigenvalue weighted by atomic mass is 19.4. The van der Waals surface area contributed by atoms with Crippen molar-refractivity contribution in [3.05, 3.63) is 35.4 Å². The van der Waals surface area contributed by atoms with Crippen LogP contribution < -0.4 is 5.32 Å². The molecule has 2 nitrogen and oxygen atoms in total. The van der Waals surface area contributed by atoms with E-state index in [0.717, 1.165) is 25.0 Å². The highest BCUT2D eigenvalue weighted by Gasteiger charge is 2.39. The summed E-state index contributed by atoms with van der Waals surface area (Å²) in [4.78, 5) is 11.7. The highest BCUT2D eigenvalue weighted by molar-refractivity contribution is 5.94. The molecule has 1 aliphatic rings. The maximum Gasteiger partial charge on any atom is 0.416 e. The van der Waals surface area contributed by atoms with E-state index in [1.807, 2.05) is 6.92 Å². The number of nitrogens with one attached hydrogen (secondary N) is 1. The van der Waals surface area contributed by atoms with Gasteiger partial charge in [-0.25, -0.2) is 0 Å². The molecular formula is C12H12F3NO. The summed E-state index contributed by atoms with van der Waals surface area (Å²) in [7, 11) is 0. The van der Waals surface area contributed by atoms with Gasteiger partial charge in [-0.1, -0.05) is 0 Å². The third-order valence-electron chi connectivity index (χ3n) is 2.89. The molecule has 0 aliphatic heterocycles. The lowest BCUT2D eigenvalue weighted by atomic mass is 10.1. The second-order valence-electron chi connectivity index (χ2n) is 4.59. The van der Waals surface area contributed by atoms with Gasteiger partial charge in [-0.2, -0.15) is 13.2 Å². The van der Waals surface area contributed by atoms with Crippen LogP contribution in [0.15, 0.2) is 24.3 Å². The van der Waals surface area contributed by atoms with E-state index < -0.39 is 11.7 Å².